The van der Waals surface area contributed by atoms with Crippen LogP contribution in [0.1, 0.15) is 29.9 Å². The summed E-state index contributed by atoms with van der Waals surface area (Å²) < 4.78 is 12.6. The van der Waals surface area contributed by atoms with Gasteiger partial charge < -0.3 is 9.47 Å². The van der Waals surface area contributed by atoms with Gasteiger partial charge in [-0.2, -0.15) is 0 Å². The van der Waals surface area contributed by atoms with Crippen molar-refractivity contribution in [2.75, 3.05) is 0 Å². The lowest BCUT2D eigenvalue weighted by Crippen LogP contribution is -2.27. The third kappa shape index (κ3) is 3.91. The zero-order valence-electron chi connectivity index (χ0n) is 9.21. The van der Waals surface area contributed by atoms with Crippen molar-refractivity contribution in [1.82, 2.24) is 9.59 Å². The van der Waals surface area contributed by atoms with Gasteiger partial charge in [0, 0.05) is 6.42 Å². The molecule has 0 fully saturated rings. The molecule has 0 aliphatic rings. The molecule has 1 aromatic rings. The lowest BCUT2D eigenvalue weighted by Gasteiger charge is -2.10. The number of rotatable bonds is 4. The molecule has 0 saturated carbocycles. The van der Waals surface area contributed by atoms with Gasteiger partial charge >= 0.3 is 17.9 Å². The molecule has 7 nitrogen and oxygen atoms in total. The van der Waals surface area contributed by atoms with Gasteiger partial charge in [0.1, 0.15) is 0 Å². The summed E-state index contributed by atoms with van der Waals surface area (Å²) in [7, 11) is 0. The fourth-order valence-corrected chi connectivity index (χ4v) is 1.19. The van der Waals surface area contributed by atoms with E-state index in [2.05, 4.69) is 14.3 Å². The number of nitrogens with zero attached hydrogens (tertiary/aromatic N) is 2. The van der Waals surface area contributed by atoms with Crippen molar-refractivity contribution in [3.63, 3.8) is 0 Å². The van der Waals surface area contributed by atoms with Crippen LogP contribution in [0.25, 0.3) is 0 Å². The van der Waals surface area contributed by atoms with Crippen LogP contribution in [0.2, 0.25) is 0 Å². The van der Waals surface area contributed by atoms with Crippen LogP contribution in [0.3, 0.4) is 0 Å². The Kier molecular flexibility index (Phi) is 4.70. The van der Waals surface area contributed by atoms with Gasteiger partial charge in [-0.15, -0.1) is 5.10 Å². The van der Waals surface area contributed by atoms with Crippen molar-refractivity contribution in [2.24, 2.45) is 0 Å². The lowest BCUT2D eigenvalue weighted by molar-refractivity contribution is -0.165. The summed E-state index contributed by atoms with van der Waals surface area (Å²) in [4.78, 5) is 33.7. The number of hydrogen-bond acceptors (Lipinski definition) is 8. The Bertz CT molecular complexity index is 417. The van der Waals surface area contributed by atoms with Gasteiger partial charge in [0.15, 0.2) is 11.0 Å². The Morgan fingerprint density at radius 2 is 2.18 bits per heavy atom. The summed E-state index contributed by atoms with van der Waals surface area (Å²) in [6.45, 7) is 2.87. The molecule has 1 unspecified atom stereocenters. The topological polar surface area (TPSA) is 95.5 Å². The lowest BCUT2D eigenvalue weighted by atomic mass is 10.4. The molecule has 0 bridgehead atoms. The second kappa shape index (κ2) is 6.04. The van der Waals surface area contributed by atoms with E-state index in [0.29, 0.717) is 0 Å². The first-order valence-electron chi connectivity index (χ1n) is 4.77. The van der Waals surface area contributed by atoms with E-state index in [9.17, 15) is 14.4 Å². The Morgan fingerprint density at radius 1 is 1.47 bits per heavy atom. The maximum Gasteiger partial charge on any atom is 0.354 e. The van der Waals surface area contributed by atoms with E-state index in [-0.39, 0.29) is 11.3 Å². The van der Waals surface area contributed by atoms with Crippen molar-refractivity contribution >= 4 is 29.4 Å². The van der Waals surface area contributed by atoms with Gasteiger partial charge in [0.05, 0.1) is 6.20 Å². The maximum atomic E-state index is 11.4. The SMILES string of the molecule is CCC(=O)OC(=O)C(C)OC(=O)c1cnns1. The fourth-order valence-electron chi connectivity index (χ4n) is 0.791. The maximum absolute atomic E-state index is 11.4. The largest absolute Gasteiger partial charge is 0.446 e. The van der Waals surface area contributed by atoms with E-state index in [1.165, 1.54) is 13.1 Å². The molecule has 0 radical (unpaired) electrons. The Morgan fingerprint density at radius 3 is 2.71 bits per heavy atom. The first kappa shape index (κ1) is 13.2. The molecule has 8 heteroatoms. The predicted octanol–water partition coefficient (Wildman–Crippen LogP) is 0.563. The van der Waals surface area contributed by atoms with Gasteiger partial charge in [-0.3, -0.25) is 4.79 Å². The number of carbonyl (C=O) groups is 3. The molecule has 0 amide bonds. The van der Waals surface area contributed by atoms with E-state index in [4.69, 9.17) is 4.74 Å². The first-order chi connectivity index (χ1) is 8.04. The van der Waals surface area contributed by atoms with Gasteiger partial charge in [-0.05, 0) is 18.5 Å². The standard InChI is InChI=1S/C9H10N2O5S/c1-3-7(12)16-8(13)5(2)15-9(14)6-4-10-11-17-6/h4-5H,3H2,1-2H3. The predicted molar refractivity (Wildman–Crippen MR) is 56.2 cm³/mol. The van der Waals surface area contributed by atoms with E-state index >= 15 is 0 Å². The molecular weight excluding hydrogens is 248 g/mol. The summed E-state index contributed by atoms with van der Waals surface area (Å²) >= 11 is 0.848. The Balaban J connectivity index is 2.49. The number of ether oxygens (including phenoxy) is 2. The van der Waals surface area contributed by atoms with Crippen LogP contribution in [-0.2, 0) is 19.1 Å². The molecule has 17 heavy (non-hydrogen) atoms. The molecule has 1 atom stereocenters. The molecule has 0 aliphatic heterocycles. The zero-order chi connectivity index (χ0) is 12.8. The minimum absolute atomic E-state index is 0.0746. The second-order valence-corrected chi connectivity index (χ2v) is 3.76. The van der Waals surface area contributed by atoms with Crippen LogP contribution in [0, 0.1) is 0 Å². The van der Waals surface area contributed by atoms with Gasteiger partial charge in [-0.1, -0.05) is 11.4 Å². The van der Waals surface area contributed by atoms with E-state index in [1.54, 1.807) is 6.92 Å². The normalized spacial score (nSPS) is 11.6. The molecule has 1 rings (SSSR count). The molecule has 0 saturated heterocycles. The van der Waals surface area contributed by atoms with Crippen LogP contribution in [0.4, 0.5) is 0 Å². The van der Waals surface area contributed by atoms with Crippen molar-refractivity contribution in [3.8, 4) is 0 Å². The van der Waals surface area contributed by atoms with Gasteiger partial charge in [0.2, 0.25) is 0 Å². The van der Waals surface area contributed by atoms with E-state index in [0.717, 1.165) is 11.5 Å². The summed E-state index contributed by atoms with van der Waals surface area (Å²) in [6, 6.07) is 0. The van der Waals surface area contributed by atoms with Crippen molar-refractivity contribution in [2.45, 2.75) is 26.4 Å². The van der Waals surface area contributed by atoms with Crippen molar-refractivity contribution < 1.29 is 23.9 Å². The molecule has 0 spiro atoms. The third-order valence-electron chi connectivity index (χ3n) is 1.68. The van der Waals surface area contributed by atoms with Crippen LogP contribution >= 0.6 is 11.5 Å². The molecule has 1 heterocycles. The van der Waals surface area contributed by atoms with Crippen molar-refractivity contribution in [1.29, 1.82) is 0 Å². The number of esters is 3. The molecule has 0 N–H and O–H groups in total. The zero-order valence-corrected chi connectivity index (χ0v) is 10.0. The van der Waals surface area contributed by atoms with E-state index in [1.807, 2.05) is 0 Å². The van der Waals surface area contributed by atoms with Crippen LogP contribution < -0.4 is 0 Å². The first-order valence-corrected chi connectivity index (χ1v) is 5.54. The Labute approximate surface area is 101 Å². The van der Waals surface area contributed by atoms with Crippen molar-refractivity contribution in [3.05, 3.63) is 11.1 Å². The quantitative estimate of drug-likeness (QED) is 0.575. The van der Waals surface area contributed by atoms with Gasteiger partial charge in [-0.25, -0.2) is 9.59 Å². The molecular formula is C9H10N2O5S. The van der Waals surface area contributed by atoms with Crippen LogP contribution in [0.15, 0.2) is 6.20 Å². The van der Waals surface area contributed by atoms with Gasteiger partial charge in [0.25, 0.3) is 0 Å². The average Bonchev–Trinajstić information content (AvgIpc) is 2.82. The molecule has 1 aromatic heterocycles. The highest BCUT2D eigenvalue weighted by Gasteiger charge is 2.23. The minimum atomic E-state index is -1.15. The number of aromatic nitrogens is 2. The monoisotopic (exact) mass is 258 g/mol. The summed E-state index contributed by atoms with van der Waals surface area (Å²) in [5.41, 5.74) is 0. The summed E-state index contributed by atoms with van der Waals surface area (Å²) in [5.74, 6) is -2.30. The molecule has 0 aromatic carbocycles. The minimum Gasteiger partial charge on any atom is -0.446 e. The highest BCUT2D eigenvalue weighted by Crippen LogP contribution is 2.07. The Hall–Kier alpha value is -1.83. The van der Waals surface area contributed by atoms with E-state index < -0.39 is 24.0 Å². The smallest absolute Gasteiger partial charge is 0.354 e. The highest BCUT2D eigenvalue weighted by atomic mass is 32.1. The third-order valence-corrected chi connectivity index (χ3v) is 2.33. The number of hydrogen-bond donors (Lipinski definition) is 0. The summed E-state index contributed by atoms with van der Waals surface area (Å²) in [6.07, 6.45) is 0.146. The fraction of sp³-hybridized carbons (Fsp3) is 0.444. The number of carbonyl (C=O) groups excluding carboxylic acids is 3. The van der Waals surface area contributed by atoms with Crippen LogP contribution in [0.5, 0.6) is 0 Å². The molecule has 0 aliphatic carbocycles. The summed E-state index contributed by atoms with van der Waals surface area (Å²) in [5, 5.41) is 3.45. The highest BCUT2D eigenvalue weighted by molar-refractivity contribution is 7.07. The average molecular weight is 258 g/mol. The second-order valence-electron chi connectivity index (χ2n) is 2.98. The van der Waals surface area contributed by atoms with Crippen LogP contribution in [-0.4, -0.2) is 33.6 Å². The molecule has 92 valence electrons.